The summed E-state index contributed by atoms with van der Waals surface area (Å²) < 4.78 is 27.5. The molecule has 0 saturated heterocycles. The van der Waals surface area contributed by atoms with Gasteiger partial charge < -0.3 is 20.9 Å². The lowest BCUT2D eigenvalue weighted by molar-refractivity contribution is 0.0997. The van der Waals surface area contributed by atoms with Gasteiger partial charge in [0.15, 0.2) is 0 Å². The Hall–Kier alpha value is -2.75. The number of nitrogens with two attached hydrogens (primary N) is 1. The molecule has 8 nitrogen and oxygen atoms in total. The number of hydrogen-bond donors (Lipinski definition) is 5. The maximum atomic E-state index is 12.6. The van der Waals surface area contributed by atoms with E-state index in [1.54, 1.807) is 24.3 Å². The van der Waals surface area contributed by atoms with Crippen molar-refractivity contribution >= 4 is 44.1 Å². The number of benzene rings is 2. The number of fused-ring (bicyclic) bond motifs is 1. The number of anilines is 1. The molecule has 1 amide bonds. The molecule has 1 heterocycles. The third-order valence-corrected chi connectivity index (χ3v) is 5.36. The molecule has 0 aliphatic carbocycles. The van der Waals surface area contributed by atoms with Gasteiger partial charge in [0, 0.05) is 11.2 Å². The standard InChI is InChI=1S/C16H14ClN3O5S/c17-13-6-11(5-12(15(13)22)16(18)23)26(24,25)20-9-2-1-8-3-10(7-21)19-14(8)4-9/h1-6,19-22H,7H2,(H2,18,23). The maximum Gasteiger partial charge on any atom is 0.261 e. The van der Waals surface area contributed by atoms with Gasteiger partial charge in [0.1, 0.15) is 5.75 Å². The van der Waals surface area contributed by atoms with E-state index in [2.05, 4.69) is 9.71 Å². The largest absolute Gasteiger partial charge is 0.506 e. The van der Waals surface area contributed by atoms with Gasteiger partial charge in [-0.3, -0.25) is 9.52 Å². The van der Waals surface area contributed by atoms with Crippen molar-refractivity contribution in [2.75, 3.05) is 4.72 Å². The molecule has 2 aromatic carbocycles. The van der Waals surface area contributed by atoms with Crippen molar-refractivity contribution in [1.29, 1.82) is 0 Å². The van der Waals surface area contributed by atoms with Crippen molar-refractivity contribution in [2.45, 2.75) is 11.5 Å². The summed E-state index contributed by atoms with van der Waals surface area (Å²) in [7, 11) is -4.09. The highest BCUT2D eigenvalue weighted by atomic mass is 35.5. The van der Waals surface area contributed by atoms with Gasteiger partial charge in [0.2, 0.25) is 0 Å². The van der Waals surface area contributed by atoms with Crippen molar-refractivity contribution < 1.29 is 23.4 Å². The summed E-state index contributed by atoms with van der Waals surface area (Å²) in [6.07, 6.45) is 0. The number of aliphatic hydroxyl groups is 1. The molecule has 26 heavy (non-hydrogen) atoms. The fraction of sp³-hybridized carbons (Fsp3) is 0.0625. The molecule has 6 N–H and O–H groups in total. The topological polar surface area (TPSA) is 146 Å². The molecule has 0 bridgehead atoms. The molecule has 0 radical (unpaired) electrons. The maximum absolute atomic E-state index is 12.6. The van der Waals surface area contributed by atoms with Gasteiger partial charge in [-0.2, -0.15) is 0 Å². The number of aromatic nitrogens is 1. The van der Waals surface area contributed by atoms with Gasteiger partial charge in [-0.15, -0.1) is 0 Å². The number of rotatable bonds is 5. The zero-order valence-corrected chi connectivity index (χ0v) is 14.7. The van der Waals surface area contributed by atoms with Gasteiger partial charge in [-0.1, -0.05) is 17.7 Å². The quantitative estimate of drug-likeness (QED) is 0.448. The summed E-state index contributed by atoms with van der Waals surface area (Å²) in [5, 5.41) is 19.4. The Kier molecular flexibility index (Phi) is 4.53. The highest BCUT2D eigenvalue weighted by Gasteiger charge is 2.21. The molecule has 0 fully saturated rings. The van der Waals surface area contributed by atoms with Gasteiger partial charge >= 0.3 is 0 Å². The number of H-pyrrole nitrogens is 1. The number of carbonyl (C=O) groups excluding carboxylic acids is 1. The minimum absolute atomic E-state index is 0.169. The molecule has 0 aliphatic rings. The first-order valence-corrected chi connectivity index (χ1v) is 9.15. The Morgan fingerprint density at radius 2 is 1.96 bits per heavy atom. The van der Waals surface area contributed by atoms with Gasteiger partial charge in [-0.25, -0.2) is 8.42 Å². The summed E-state index contributed by atoms with van der Waals surface area (Å²) in [5.41, 5.74) is 6.22. The van der Waals surface area contributed by atoms with Crippen LogP contribution < -0.4 is 10.5 Å². The first kappa shape index (κ1) is 18.1. The van der Waals surface area contributed by atoms with Crippen LogP contribution in [0, 0.1) is 0 Å². The highest BCUT2D eigenvalue weighted by Crippen LogP contribution is 2.31. The smallest absolute Gasteiger partial charge is 0.261 e. The molecule has 0 aliphatic heterocycles. The molecule has 136 valence electrons. The summed E-state index contributed by atoms with van der Waals surface area (Å²) in [6.45, 7) is -0.169. The Bertz CT molecular complexity index is 1120. The van der Waals surface area contributed by atoms with E-state index in [1.807, 2.05) is 0 Å². The molecule has 10 heteroatoms. The lowest BCUT2D eigenvalue weighted by Gasteiger charge is -2.11. The first-order valence-electron chi connectivity index (χ1n) is 7.29. The van der Waals surface area contributed by atoms with E-state index < -0.39 is 27.2 Å². The predicted octanol–water partition coefficient (Wildman–Crippen LogP) is 1.92. The van der Waals surface area contributed by atoms with Crippen LogP contribution in [0.15, 0.2) is 41.3 Å². The van der Waals surface area contributed by atoms with Crippen LogP contribution >= 0.6 is 11.6 Å². The van der Waals surface area contributed by atoms with Crippen molar-refractivity contribution in [1.82, 2.24) is 4.98 Å². The second-order valence-corrected chi connectivity index (χ2v) is 7.62. The monoisotopic (exact) mass is 395 g/mol. The fourth-order valence-electron chi connectivity index (χ4n) is 2.47. The van der Waals surface area contributed by atoms with E-state index in [9.17, 15) is 18.3 Å². The average molecular weight is 396 g/mol. The lowest BCUT2D eigenvalue weighted by atomic mass is 10.2. The number of hydrogen-bond acceptors (Lipinski definition) is 5. The van der Waals surface area contributed by atoms with Crippen LogP contribution in [-0.2, 0) is 16.6 Å². The minimum atomic E-state index is -4.09. The molecule has 0 atom stereocenters. The number of aliphatic hydroxyl groups excluding tert-OH is 1. The van der Waals surface area contributed by atoms with Gasteiger partial charge in [0.05, 0.1) is 27.8 Å². The van der Waals surface area contributed by atoms with Crippen molar-refractivity contribution in [3.63, 3.8) is 0 Å². The molecule has 0 unspecified atom stereocenters. The summed E-state index contributed by atoms with van der Waals surface area (Å²) in [5.74, 6) is -1.59. The second-order valence-electron chi connectivity index (χ2n) is 5.53. The average Bonchev–Trinajstić information content (AvgIpc) is 2.98. The van der Waals surface area contributed by atoms with Crippen LogP contribution in [0.5, 0.6) is 5.75 Å². The van der Waals surface area contributed by atoms with E-state index >= 15 is 0 Å². The van der Waals surface area contributed by atoms with Gasteiger partial charge in [0.25, 0.3) is 15.9 Å². The number of nitrogens with one attached hydrogen (secondary N) is 2. The number of amides is 1. The van der Waals surface area contributed by atoms with Crippen molar-refractivity contribution in [3.05, 3.63) is 52.7 Å². The van der Waals surface area contributed by atoms with Crippen LogP contribution in [0.3, 0.4) is 0 Å². The molecule has 3 aromatic rings. The third kappa shape index (κ3) is 3.32. The minimum Gasteiger partial charge on any atom is -0.506 e. The fourth-order valence-corrected chi connectivity index (χ4v) is 3.85. The summed E-state index contributed by atoms with van der Waals surface area (Å²) in [6, 6.07) is 8.49. The van der Waals surface area contributed by atoms with Crippen molar-refractivity contribution in [2.24, 2.45) is 5.73 Å². The molecule has 0 saturated carbocycles. The van der Waals surface area contributed by atoms with E-state index in [4.69, 9.17) is 22.4 Å². The number of phenols is 1. The third-order valence-electron chi connectivity index (χ3n) is 3.71. The number of carbonyl (C=O) groups is 1. The summed E-state index contributed by atoms with van der Waals surface area (Å²) in [4.78, 5) is 14.0. The van der Waals surface area contributed by atoms with E-state index in [-0.39, 0.29) is 22.2 Å². The summed E-state index contributed by atoms with van der Waals surface area (Å²) >= 11 is 5.79. The zero-order chi connectivity index (χ0) is 19.1. The number of sulfonamides is 1. The van der Waals surface area contributed by atoms with Crippen LogP contribution in [0.1, 0.15) is 16.1 Å². The molecule has 1 aromatic heterocycles. The van der Waals surface area contributed by atoms with E-state index in [1.165, 1.54) is 0 Å². The Morgan fingerprint density at radius 3 is 2.62 bits per heavy atom. The second kappa shape index (κ2) is 6.52. The predicted molar refractivity (Wildman–Crippen MR) is 96.7 cm³/mol. The normalized spacial score (nSPS) is 11.6. The number of aromatic amines is 1. The first-order chi connectivity index (χ1) is 12.2. The highest BCUT2D eigenvalue weighted by molar-refractivity contribution is 7.92. The van der Waals surface area contributed by atoms with Crippen LogP contribution in [0.2, 0.25) is 5.02 Å². The molecule has 0 spiro atoms. The molecular weight excluding hydrogens is 382 g/mol. The Balaban J connectivity index is 2.00. The lowest BCUT2D eigenvalue weighted by Crippen LogP contribution is -2.16. The number of primary amides is 1. The Morgan fingerprint density at radius 1 is 1.23 bits per heavy atom. The van der Waals surface area contributed by atoms with Crippen molar-refractivity contribution in [3.8, 4) is 5.75 Å². The number of halogens is 1. The SMILES string of the molecule is NC(=O)c1cc(S(=O)(=O)Nc2ccc3cc(CO)[nH]c3c2)cc(Cl)c1O. The van der Waals surface area contributed by atoms with Crippen LogP contribution in [0.4, 0.5) is 5.69 Å². The zero-order valence-electron chi connectivity index (χ0n) is 13.2. The van der Waals surface area contributed by atoms with E-state index in [0.29, 0.717) is 11.2 Å². The van der Waals surface area contributed by atoms with E-state index in [0.717, 1.165) is 17.5 Å². The molecule has 3 rings (SSSR count). The van der Waals surface area contributed by atoms with Crippen LogP contribution in [0.25, 0.3) is 10.9 Å². The Labute approximate surface area is 153 Å². The van der Waals surface area contributed by atoms with Crippen LogP contribution in [-0.4, -0.2) is 29.5 Å². The number of aromatic hydroxyl groups is 1. The van der Waals surface area contributed by atoms with Gasteiger partial charge in [-0.05, 0) is 35.7 Å². The molecular formula is C16H14ClN3O5S.